The summed E-state index contributed by atoms with van der Waals surface area (Å²) in [5.41, 5.74) is 0. The van der Waals surface area contributed by atoms with Gasteiger partial charge in [-0.15, -0.1) is 0 Å². The first-order valence-corrected chi connectivity index (χ1v) is 5.42. The maximum absolute atomic E-state index is 5.37. The Kier molecular flexibility index (Phi) is 16.6. The van der Waals surface area contributed by atoms with Gasteiger partial charge in [-0.25, -0.2) is 0 Å². The summed E-state index contributed by atoms with van der Waals surface area (Å²) in [7, 11) is -1.57. The van der Waals surface area contributed by atoms with E-state index in [1.165, 1.54) is 0 Å². The van der Waals surface area contributed by atoms with Gasteiger partial charge in [-0.3, -0.25) is 6.55 Å². The molecule has 0 aromatic heterocycles. The fourth-order valence-electron chi connectivity index (χ4n) is 0.639. The minimum atomic E-state index is -1.57. The summed E-state index contributed by atoms with van der Waals surface area (Å²) in [5, 5.41) is 0. The molecular weight excluding hydrogens is 248 g/mol. The molecule has 0 saturated heterocycles. The Morgan fingerprint density at radius 3 is 1.42 bits per heavy atom. The van der Waals surface area contributed by atoms with Gasteiger partial charge in [0.25, 0.3) is 0 Å². The molecule has 0 aliphatic rings. The zero-order valence-electron chi connectivity index (χ0n) is 8.34. The third-order valence-electron chi connectivity index (χ3n) is 0.848. The van der Waals surface area contributed by atoms with Gasteiger partial charge >= 0.3 is 23.1 Å². The van der Waals surface area contributed by atoms with Crippen molar-refractivity contribution in [2.24, 2.45) is 0 Å². The molecule has 2 nitrogen and oxygen atoms in total. The van der Waals surface area contributed by atoms with Gasteiger partial charge in [-0.1, -0.05) is 0 Å². The van der Waals surface area contributed by atoms with E-state index < -0.39 is 9.28 Å². The molecule has 0 aromatic rings. The second-order valence-electron chi connectivity index (χ2n) is 2.80. The predicted molar refractivity (Wildman–Crippen MR) is 50.7 cm³/mol. The molecule has 0 radical (unpaired) electrons. The van der Waals surface area contributed by atoms with E-state index in [-0.39, 0.29) is 52.2 Å². The Morgan fingerprint density at radius 1 is 1.00 bits per heavy atom. The molecular formula is C7H17BrMgO2Si. The Labute approximate surface area is 104 Å². The number of halogens is 1. The summed E-state index contributed by atoms with van der Waals surface area (Å²) in [5.74, 6) is 0. The van der Waals surface area contributed by atoms with E-state index in [2.05, 4.69) is 6.55 Å². The van der Waals surface area contributed by atoms with Crippen LogP contribution in [0.4, 0.5) is 0 Å². The Balaban J connectivity index is -0.000000405. The largest absolute Gasteiger partial charge is 2.00 e. The van der Waals surface area contributed by atoms with Crippen LogP contribution in [-0.4, -0.2) is 44.5 Å². The smallest absolute Gasteiger partial charge is 1.00 e. The SMILES string of the molecule is [Br-].[CH2-][SiH](OC(C)C)OC(C)C.[Mg+2]. The average molecular weight is 266 g/mol. The summed E-state index contributed by atoms with van der Waals surface area (Å²) in [6.45, 7) is 11.8. The quantitative estimate of drug-likeness (QED) is 0.435. The maximum atomic E-state index is 5.37. The van der Waals surface area contributed by atoms with E-state index in [4.69, 9.17) is 8.85 Å². The molecule has 0 amide bonds. The van der Waals surface area contributed by atoms with Gasteiger partial charge in [0.2, 0.25) is 0 Å². The molecule has 5 heteroatoms. The summed E-state index contributed by atoms with van der Waals surface area (Å²) in [4.78, 5) is 0. The molecule has 0 N–H and O–H groups in total. The van der Waals surface area contributed by atoms with Crippen molar-refractivity contribution >= 4 is 32.3 Å². The molecule has 0 spiro atoms. The normalized spacial score (nSPS) is 10.0. The molecule has 0 rings (SSSR count). The number of hydrogen-bond donors (Lipinski definition) is 0. The fraction of sp³-hybridized carbons (Fsp3) is 0.857. The van der Waals surface area contributed by atoms with Crippen LogP contribution >= 0.6 is 0 Å². The zero-order valence-corrected chi connectivity index (χ0v) is 12.5. The van der Waals surface area contributed by atoms with E-state index in [0.717, 1.165) is 0 Å². The number of hydrogen-bond acceptors (Lipinski definition) is 2. The van der Waals surface area contributed by atoms with Gasteiger partial charge in [-0.2, -0.15) is 0 Å². The Bertz CT molecular complexity index is 83.5. The monoisotopic (exact) mass is 264 g/mol. The first kappa shape index (κ1) is 19.0. The van der Waals surface area contributed by atoms with Crippen molar-refractivity contribution in [1.82, 2.24) is 0 Å². The van der Waals surface area contributed by atoms with Gasteiger partial charge < -0.3 is 25.8 Å². The average Bonchev–Trinajstić information content (AvgIpc) is 1.58. The van der Waals surface area contributed by atoms with E-state index in [9.17, 15) is 0 Å². The van der Waals surface area contributed by atoms with Crippen molar-refractivity contribution in [3.05, 3.63) is 6.55 Å². The molecule has 0 bridgehead atoms. The topological polar surface area (TPSA) is 18.5 Å². The number of rotatable bonds is 4. The summed E-state index contributed by atoms with van der Waals surface area (Å²) >= 11 is 0. The molecule has 0 aromatic carbocycles. The summed E-state index contributed by atoms with van der Waals surface area (Å²) < 4.78 is 10.7. The fourth-order valence-corrected chi connectivity index (χ4v) is 1.92. The van der Waals surface area contributed by atoms with Crippen LogP contribution in [0.3, 0.4) is 0 Å². The first-order valence-electron chi connectivity index (χ1n) is 3.66. The third-order valence-corrected chi connectivity index (χ3v) is 2.54. The standard InChI is InChI=1S/C7H17O2Si.BrH.Mg/c1-6(2)8-10(5)9-7(3)4;;/h6-7,10H,5H2,1-4H3;1H;/q-1;;+2/p-1. The minimum Gasteiger partial charge on any atom is -1.00 e. The van der Waals surface area contributed by atoms with E-state index >= 15 is 0 Å². The van der Waals surface area contributed by atoms with Crippen molar-refractivity contribution in [2.45, 2.75) is 39.9 Å². The van der Waals surface area contributed by atoms with Crippen molar-refractivity contribution in [3.63, 3.8) is 0 Å². The van der Waals surface area contributed by atoms with Crippen molar-refractivity contribution in [3.8, 4) is 0 Å². The molecule has 0 atom stereocenters. The molecule has 70 valence electrons. The van der Waals surface area contributed by atoms with Crippen LogP contribution in [0.1, 0.15) is 27.7 Å². The Hall–Kier alpha value is 1.38. The molecule has 0 unspecified atom stereocenters. The van der Waals surface area contributed by atoms with Gasteiger partial charge in [0.05, 0.1) is 0 Å². The molecule has 12 heavy (non-hydrogen) atoms. The van der Waals surface area contributed by atoms with Crippen molar-refractivity contribution in [2.75, 3.05) is 0 Å². The third kappa shape index (κ3) is 13.9. The summed E-state index contributed by atoms with van der Waals surface area (Å²) in [6.07, 6.45) is 0.487. The predicted octanol–water partition coefficient (Wildman–Crippen LogP) is -1.95. The van der Waals surface area contributed by atoms with Crippen LogP contribution in [0.2, 0.25) is 0 Å². The van der Waals surface area contributed by atoms with Crippen LogP contribution in [0.5, 0.6) is 0 Å². The van der Waals surface area contributed by atoms with E-state index in [1.54, 1.807) is 0 Å². The van der Waals surface area contributed by atoms with Gasteiger partial charge in [0, 0.05) is 12.2 Å². The second kappa shape index (κ2) is 10.5. The van der Waals surface area contributed by atoms with E-state index in [1.807, 2.05) is 27.7 Å². The maximum Gasteiger partial charge on any atom is 2.00 e. The second-order valence-corrected chi connectivity index (χ2v) is 4.20. The molecule has 0 saturated carbocycles. The first-order chi connectivity index (χ1) is 4.52. The van der Waals surface area contributed by atoms with Crippen molar-refractivity contribution in [1.29, 1.82) is 0 Å². The van der Waals surface area contributed by atoms with Gasteiger partial charge in [-0.05, 0) is 27.7 Å². The molecule has 0 heterocycles. The zero-order chi connectivity index (χ0) is 8.15. The molecule has 0 fully saturated rings. The molecule has 0 aliphatic carbocycles. The van der Waals surface area contributed by atoms with Crippen LogP contribution in [0.15, 0.2) is 0 Å². The van der Waals surface area contributed by atoms with Crippen LogP contribution in [-0.2, 0) is 8.85 Å². The van der Waals surface area contributed by atoms with Gasteiger partial charge in [0.1, 0.15) is 0 Å². The van der Waals surface area contributed by atoms with E-state index in [0.29, 0.717) is 0 Å². The minimum absolute atomic E-state index is 0. The Morgan fingerprint density at radius 2 is 1.25 bits per heavy atom. The molecule has 0 aliphatic heterocycles. The van der Waals surface area contributed by atoms with Crippen LogP contribution in [0, 0.1) is 6.55 Å². The van der Waals surface area contributed by atoms with Crippen LogP contribution < -0.4 is 17.0 Å². The summed E-state index contributed by atoms with van der Waals surface area (Å²) in [6, 6.07) is 0. The van der Waals surface area contributed by atoms with Crippen molar-refractivity contribution < 1.29 is 25.8 Å². The van der Waals surface area contributed by atoms with Gasteiger partial charge in [0.15, 0.2) is 9.28 Å². The van der Waals surface area contributed by atoms with Crippen LogP contribution in [0.25, 0.3) is 0 Å².